The molecule has 1 fully saturated rings. The number of carbonyl (C=O) groups is 2. The van der Waals surface area contributed by atoms with E-state index >= 15 is 0 Å². The van der Waals surface area contributed by atoms with Crippen LogP contribution in [0, 0.1) is 0 Å². The minimum Gasteiger partial charge on any atom is -0.480 e. The Bertz CT molecular complexity index is 1280. The number of carbonyl (C=O) groups excluding carboxylic acids is 2. The van der Waals surface area contributed by atoms with Gasteiger partial charge < -0.3 is 25.8 Å². The van der Waals surface area contributed by atoms with Crippen LogP contribution in [0.1, 0.15) is 31.4 Å². The van der Waals surface area contributed by atoms with E-state index in [0.29, 0.717) is 66.4 Å². The van der Waals surface area contributed by atoms with Gasteiger partial charge in [0.2, 0.25) is 11.8 Å². The van der Waals surface area contributed by atoms with Gasteiger partial charge in [0.1, 0.15) is 16.9 Å². The number of fused-ring (bicyclic) bond motifs is 2. The molecular formula is C24H26N6O4S. The minimum atomic E-state index is -1.46. The number of methoxy groups -OCH3 is 1. The van der Waals surface area contributed by atoms with Crippen molar-refractivity contribution in [3.63, 3.8) is 0 Å². The highest BCUT2D eigenvalue weighted by Crippen LogP contribution is 2.32. The summed E-state index contributed by atoms with van der Waals surface area (Å²) in [5, 5.41) is 20.2. The van der Waals surface area contributed by atoms with E-state index in [2.05, 4.69) is 30.9 Å². The van der Waals surface area contributed by atoms with Crippen molar-refractivity contribution in [1.29, 1.82) is 0 Å². The molecule has 3 heterocycles. The van der Waals surface area contributed by atoms with Gasteiger partial charge in [-0.25, -0.2) is 15.0 Å². The molecule has 1 aliphatic heterocycles. The SMILES string of the molecule is COc1cnc2cccc(NC(=O)C3(O)CCC(NCc4ccc5c(n4)NC(=O)CS5)CC3)c2n1. The number of aliphatic hydroxyl groups is 1. The second-order valence-corrected chi connectivity index (χ2v) is 9.73. The molecule has 0 atom stereocenters. The zero-order valence-corrected chi connectivity index (χ0v) is 20.0. The van der Waals surface area contributed by atoms with E-state index in [1.54, 1.807) is 18.2 Å². The van der Waals surface area contributed by atoms with Crippen LogP contribution >= 0.6 is 11.8 Å². The number of rotatable bonds is 6. The fraction of sp³-hybridized carbons (Fsp3) is 0.375. The van der Waals surface area contributed by atoms with Crippen molar-refractivity contribution in [2.45, 2.75) is 48.8 Å². The lowest BCUT2D eigenvalue weighted by Crippen LogP contribution is -2.48. The molecule has 0 spiro atoms. The van der Waals surface area contributed by atoms with Crippen LogP contribution < -0.4 is 20.7 Å². The molecule has 0 saturated heterocycles. The largest absolute Gasteiger partial charge is 0.480 e. The van der Waals surface area contributed by atoms with E-state index in [1.807, 2.05) is 12.1 Å². The Morgan fingerprint density at radius 1 is 1.26 bits per heavy atom. The molecule has 2 aliphatic rings. The molecule has 4 N–H and O–H groups in total. The number of ether oxygens (including phenoxy) is 1. The number of nitrogens with one attached hydrogen (secondary N) is 3. The Labute approximate surface area is 206 Å². The second-order valence-electron chi connectivity index (χ2n) is 8.71. The highest BCUT2D eigenvalue weighted by molar-refractivity contribution is 8.00. The normalized spacial score (nSPS) is 21.8. The molecule has 1 aromatic carbocycles. The molecule has 10 nitrogen and oxygen atoms in total. The second kappa shape index (κ2) is 9.76. The predicted molar refractivity (Wildman–Crippen MR) is 132 cm³/mol. The maximum Gasteiger partial charge on any atom is 0.256 e. The Hall–Kier alpha value is -3.28. The summed E-state index contributed by atoms with van der Waals surface area (Å²) in [4.78, 5) is 38.8. The number of hydrogen-bond donors (Lipinski definition) is 4. The van der Waals surface area contributed by atoms with Gasteiger partial charge in [0.25, 0.3) is 5.91 Å². The third-order valence-corrected chi connectivity index (χ3v) is 7.39. The van der Waals surface area contributed by atoms with Gasteiger partial charge in [0.05, 0.1) is 40.9 Å². The molecular weight excluding hydrogens is 468 g/mol. The van der Waals surface area contributed by atoms with Gasteiger partial charge in [-0.05, 0) is 49.9 Å². The average molecular weight is 495 g/mol. The first-order valence-corrected chi connectivity index (χ1v) is 12.4. The fourth-order valence-corrected chi connectivity index (χ4v) is 5.09. The molecule has 35 heavy (non-hydrogen) atoms. The fourth-order valence-electron chi connectivity index (χ4n) is 4.33. The molecule has 2 amide bonds. The number of aromatic nitrogens is 3. The summed E-state index contributed by atoms with van der Waals surface area (Å²) in [5.74, 6) is 0.875. The lowest BCUT2D eigenvalue weighted by molar-refractivity contribution is -0.137. The van der Waals surface area contributed by atoms with Crippen LogP contribution in [-0.4, -0.2) is 56.4 Å². The van der Waals surface area contributed by atoms with Crippen molar-refractivity contribution < 1.29 is 19.4 Å². The molecule has 3 aromatic rings. The Balaban J connectivity index is 1.18. The van der Waals surface area contributed by atoms with Crippen LogP contribution in [0.3, 0.4) is 0 Å². The van der Waals surface area contributed by atoms with Crippen molar-refractivity contribution in [1.82, 2.24) is 20.3 Å². The number of amides is 2. The van der Waals surface area contributed by atoms with Crippen LogP contribution in [0.4, 0.5) is 11.5 Å². The number of para-hydroxylation sites is 1. The molecule has 0 radical (unpaired) electrons. The Morgan fingerprint density at radius 2 is 2.09 bits per heavy atom. The van der Waals surface area contributed by atoms with E-state index < -0.39 is 11.5 Å². The number of anilines is 2. The predicted octanol–water partition coefficient (Wildman–Crippen LogP) is 2.48. The van der Waals surface area contributed by atoms with Crippen molar-refractivity contribution >= 4 is 46.1 Å². The van der Waals surface area contributed by atoms with Gasteiger partial charge >= 0.3 is 0 Å². The monoisotopic (exact) mass is 494 g/mol. The number of thioether (sulfide) groups is 1. The van der Waals surface area contributed by atoms with Gasteiger partial charge in [0, 0.05) is 12.6 Å². The van der Waals surface area contributed by atoms with Crippen LogP contribution in [0.2, 0.25) is 0 Å². The van der Waals surface area contributed by atoms with Gasteiger partial charge in [0.15, 0.2) is 0 Å². The minimum absolute atomic E-state index is 0.0420. The van der Waals surface area contributed by atoms with Crippen LogP contribution in [0.25, 0.3) is 11.0 Å². The van der Waals surface area contributed by atoms with Crippen LogP contribution in [-0.2, 0) is 16.1 Å². The molecule has 11 heteroatoms. The van der Waals surface area contributed by atoms with Gasteiger partial charge in [-0.3, -0.25) is 9.59 Å². The first-order chi connectivity index (χ1) is 16.9. The molecule has 0 bridgehead atoms. The number of hydrogen-bond acceptors (Lipinski definition) is 9. The highest BCUT2D eigenvalue weighted by Gasteiger charge is 2.40. The van der Waals surface area contributed by atoms with E-state index in [-0.39, 0.29) is 11.9 Å². The molecule has 5 rings (SSSR count). The van der Waals surface area contributed by atoms with E-state index in [9.17, 15) is 14.7 Å². The summed E-state index contributed by atoms with van der Waals surface area (Å²) >= 11 is 1.48. The van der Waals surface area contributed by atoms with Crippen molar-refractivity contribution in [3.8, 4) is 5.88 Å². The highest BCUT2D eigenvalue weighted by atomic mass is 32.2. The van der Waals surface area contributed by atoms with E-state index in [4.69, 9.17) is 4.74 Å². The first kappa shape index (κ1) is 23.5. The Kier molecular flexibility index (Phi) is 6.54. The summed E-state index contributed by atoms with van der Waals surface area (Å²) in [6, 6.07) is 9.39. The number of benzene rings is 1. The van der Waals surface area contributed by atoms with Crippen molar-refractivity contribution in [2.24, 2.45) is 0 Å². The summed E-state index contributed by atoms with van der Waals surface area (Å²) in [5.41, 5.74) is 0.982. The van der Waals surface area contributed by atoms with Gasteiger partial charge in [-0.2, -0.15) is 0 Å². The standard InChI is InChI=1S/C24H26N6O4S/c1-34-20-12-26-16-3-2-4-17(21(16)30-20)28-23(32)24(33)9-7-14(8-10-24)25-11-15-5-6-18-22(27-15)29-19(31)13-35-18/h2-6,12,14,25,33H,7-11,13H2,1H3,(H,28,32)(H,27,29,31). The lowest BCUT2D eigenvalue weighted by atomic mass is 9.81. The maximum absolute atomic E-state index is 13.0. The summed E-state index contributed by atoms with van der Waals surface area (Å²) in [6.07, 6.45) is 3.47. The van der Waals surface area contributed by atoms with Gasteiger partial charge in [-0.1, -0.05) is 6.07 Å². The molecule has 1 saturated carbocycles. The molecule has 182 valence electrons. The number of nitrogens with zero attached hydrogens (tertiary/aromatic N) is 3. The summed E-state index contributed by atoms with van der Waals surface area (Å²) < 4.78 is 5.15. The summed E-state index contributed by atoms with van der Waals surface area (Å²) in [7, 11) is 1.50. The van der Waals surface area contributed by atoms with E-state index in [0.717, 1.165) is 10.6 Å². The maximum atomic E-state index is 13.0. The zero-order valence-electron chi connectivity index (χ0n) is 19.2. The van der Waals surface area contributed by atoms with Crippen molar-refractivity contribution in [2.75, 3.05) is 23.5 Å². The average Bonchev–Trinajstić information content (AvgIpc) is 2.88. The topological polar surface area (TPSA) is 138 Å². The zero-order chi connectivity index (χ0) is 24.4. The lowest BCUT2D eigenvalue weighted by Gasteiger charge is -2.35. The number of pyridine rings is 1. The van der Waals surface area contributed by atoms with E-state index in [1.165, 1.54) is 25.1 Å². The van der Waals surface area contributed by atoms with Gasteiger partial charge in [-0.15, -0.1) is 11.8 Å². The third-order valence-electron chi connectivity index (χ3n) is 6.35. The molecule has 1 aliphatic carbocycles. The summed E-state index contributed by atoms with van der Waals surface area (Å²) in [6.45, 7) is 0.541. The Morgan fingerprint density at radius 3 is 2.89 bits per heavy atom. The first-order valence-electron chi connectivity index (χ1n) is 11.4. The smallest absolute Gasteiger partial charge is 0.256 e. The molecule has 0 unspecified atom stereocenters. The quantitative estimate of drug-likeness (QED) is 0.407. The van der Waals surface area contributed by atoms with Crippen LogP contribution in [0.5, 0.6) is 5.88 Å². The van der Waals surface area contributed by atoms with Crippen LogP contribution in [0.15, 0.2) is 41.4 Å². The van der Waals surface area contributed by atoms with Crippen molar-refractivity contribution in [3.05, 3.63) is 42.2 Å². The third kappa shape index (κ3) is 5.07. The molecule has 2 aromatic heterocycles.